The van der Waals surface area contributed by atoms with E-state index in [0.29, 0.717) is 0 Å². The minimum absolute atomic E-state index is 0. The zero-order valence-electron chi connectivity index (χ0n) is 30.1. The number of aromatic nitrogens is 8. The molecular formula is C23H39N10O23P6+. The summed E-state index contributed by atoms with van der Waals surface area (Å²) in [5.74, 6) is -3.28. The van der Waals surface area contributed by atoms with Crippen LogP contribution < -0.4 is 22.6 Å². The van der Waals surface area contributed by atoms with E-state index in [-0.39, 0.29) is 54.5 Å². The Bertz CT molecular complexity index is 2640. The second-order valence-electron chi connectivity index (χ2n) is 12.8. The van der Waals surface area contributed by atoms with Crippen LogP contribution in [0.3, 0.4) is 0 Å². The Kier molecular flexibility index (Phi) is 16.3. The molecule has 0 saturated carbocycles. The normalized spacial score (nSPS) is 24.2. The van der Waals surface area contributed by atoms with Crippen molar-refractivity contribution >= 4 is 80.7 Å². The maximum absolute atomic E-state index is 11.9. The fourth-order valence-electron chi connectivity index (χ4n) is 5.79. The number of nitrogens with two attached hydrogens (primary N) is 2. The number of rotatable bonds is 16. The van der Waals surface area contributed by atoms with Crippen LogP contribution in [0.15, 0.2) is 22.2 Å². The average molecular weight is 1010 g/mol. The summed E-state index contributed by atoms with van der Waals surface area (Å²) in [4.78, 5) is 126. The molecule has 0 spiro atoms. The largest absolute Gasteiger partial charge is 0.695 e. The summed E-state index contributed by atoms with van der Waals surface area (Å²) in [5, 5.41) is 0. The molecule has 6 rings (SSSR count). The summed E-state index contributed by atoms with van der Waals surface area (Å²) in [6, 6.07) is 0. The highest BCUT2D eigenvalue weighted by atomic mass is 31.2. The lowest BCUT2D eigenvalue weighted by atomic mass is 10.2. The number of phosphoric acid groups is 1. The van der Waals surface area contributed by atoms with Crippen molar-refractivity contribution in [3.8, 4) is 0 Å². The number of anilines is 2. The van der Waals surface area contributed by atoms with E-state index >= 15 is 0 Å². The molecule has 0 aromatic carbocycles. The van der Waals surface area contributed by atoms with E-state index in [2.05, 4.69) is 39.0 Å². The first kappa shape index (κ1) is 51.6. The Labute approximate surface area is 345 Å². The molecule has 0 amide bonds. The van der Waals surface area contributed by atoms with Gasteiger partial charge >= 0.3 is 46.5 Å². The lowest BCUT2D eigenvalue weighted by molar-refractivity contribution is -0.0389. The topological polar surface area (TPSA) is 519 Å². The fraction of sp³-hybridized carbons (Fsp3) is 0.565. The number of aromatic amines is 2. The predicted molar refractivity (Wildman–Crippen MR) is 206 cm³/mol. The van der Waals surface area contributed by atoms with Crippen molar-refractivity contribution in [2.75, 3.05) is 36.5 Å². The van der Waals surface area contributed by atoms with Gasteiger partial charge < -0.3 is 69.1 Å². The number of imidazole rings is 2. The van der Waals surface area contributed by atoms with Crippen LogP contribution in [0.5, 0.6) is 0 Å². The monoisotopic (exact) mass is 1010 g/mol. The molecule has 348 valence electrons. The molecule has 15 N–H and O–H groups in total. The highest BCUT2D eigenvalue weighted by Crippen LogP contribution is 2.57. The number of nitrogens with zero attached hydrogens (tertiary/aromatic N) is 6. The number of hydrogen-bond donors (Lipinski definition) is 13. The van der Waals surface area contributed by atoms with Crippen molar-refractivity contribution in [3.05, 3.63) is 33.4 Å². The zero-order valence-corrected chi connectivity index (χ0v) is 35.5. The molecule has 0 radical (unpaired) electrons. The summed E-state index contributed by atoms with van der Waals surface area (Å²) < 4.78 is 101. The first-order valence-corrected chi connectivity index (χ1v) is 26.1. The third-order valence-electron chi connectivity index (χ3n) is 7.99. The van der Waals surface area contributed by atoms with Gasteiger partial charge in [0.05, 0.1) is 25.9 Å². The third kappa shape index (κ3) is 14.2. The first-order valence-electron chi connectivity index (χ1n) is 16.3. The lowest BCUT2D eigenvalue weighted by Gasteiger charge is -2.21. The smallest absolute Gasteiger partial charge is 0.369 e. The van der Waals surface area contributed by atoms with Gasteiger partial charge in [-0.1, -0.05) is 7.43 Å². The number of phosphoric ester groups is 1. The van der Waals surface area contributed by atoms with Crippen LogP contribution >= 0.6 is 46.5 Å². The molecule has 9 atom stereocenters. The highest BCUT2D eigenvalue weighted by molar-refractivity contribution is 7.70. The van der Waals surface area contributed by atoms with Gasteiger partial charge in [0, 0.05) is 17.4 Å². The third-order valence-corrected chi connectivity index (χ3v) is 15.9. The molecule has 4 aromatic rings. The summed E-state index contributed by atoms with van der Waals surface area (Å²) in [6.07, 6.45) is -4.87. The summed E-state index contributed by atoms with van der Waals surface area (Å²) in [6.45, 7) is -1.47. The van der Waals surface area contributed by atoms with Gasteiger partial charge in [-0.25, -0.2) is 14.5 Å². The number of ether oxygens (including phenoxy) is 2. The van der Waals surface area contributed by atoms with E-state index in [0.717, 1.165) is 0 Å². The van der Waals surface area contributed by atoms with Gasteiger partial charge in [-0.15, -0.1) is 9.42 Å². The molecular weight excluding hydrogens is 970 g/mol. The minimum atomic E-state index is -5.02. The molecule has 0 bridgehead atoms. The minimum Gasteiger partial charge on any atom is -0.369 e. The lowest BCUT2D eigenvalue weighted by Crippen LogP contribution is -2.28. The first-order chi connectivity index (χ1) is 28.0. The van der Waals surface area contributed by atoms with Crippen LogP contribution in [0.4, 0.5) is 11.9 Å². The Hall–Kier alpha value is -3.05. The van der Waals surface area contributed by atoms with Crippen LogP contribution in [-0.4, -0.2) is 133 Å². The number of nitrogen functional groups attached to an aromatic ring is 2. The van der Waals surface area contributed by atoms with Crippen LogP contribution in [0.2, 0.25) is 0 Å². The van der Waals surface area contributed by atoms with E-state index in [1.165, 1.54) is 21.8 Å². The van der Waals surface area contributed by atoms with Crippen LogP contribution in [0, 0.1) is 0 Å². The number of fused-ring (bicyclic) bond motifs is 2. The Morgan fingerprint density at radius 1 is 0.726 bits per heavy atom. The molecule has 9 unspecified atom stereocenters. The van der Waals surface area contributed by atoms with Gasteiger partial charge in [0.25, 0.3) is 11.1 Å². The van der Waals surface area contributed by atoms with E-state index < -0.39 is 119 Å². The SMILES string of the molecule is C.Nc1nc2c(ncn2C2CC(OP(=O)(O)O)C(COP(=O)(O)CP(=O)(O)O)O2)c(=O)[nH]1.Nc1nc2c(ncn2C2CC(O[P+](=O)O)C(COP(=O)(O)CP(=O)(O)O)O2)c(=O)[nH]1. The van der Waals surface area contributed by atoms with Crippen molar-refractivity contribution in [1.82, 2.24) is 39.0 Å². The number of H-pyrrole nitrogens is 2. The van der Waals surface area contributed by atoms with Crippen molar-refractivity contribution < 1.29 is 99.0 Å². The van der Waals surface area contributed by atoms with Gasteiger partial charge in [0.1, 0.15) is 36.9 Å². The maximum atomic E-state index is 11.9. The van der Waals surface area contributed by atoms with Crippen molar-refractivity contribution in [2.45, 2.75) is 57.1 Å². The molecule has 2 saturated heterocycles. The molecule has 2 aliphatic heterocycles. The van der Waals surface area contributed by atoms with Gasteiger partial charge in [0.15, 0.2) is 34.1 Å². The van der Waals surface area contributed by atoms with E-state index in [9.17, 15) is 46.8 Å². The average Bonchev–Trinajstić information content (AvgIpc) is 3.85. The van der Waals surface area contributed by atoms with Gasteiger partial charge in [0.2, 0.25) is 11.9 Å². The molecule has 2 aliphatic rings. The zero-order chi connectivity index (χ0) is 45.5. The number of hydrogen-bond acceptors (Lipinski definition) is 20. The van der Waals surface area contributed by atoms with Crippen LogP contribution in [0.25, 0.3) is 22.3 Å². The van der Waals surface area contributed by atoms with Crippen molar-refractivity contribution in [1.29, 1.82) is 0 Å². The quantitative estimate of drug-likeness (QED) is 0.0586. The molecule has 4 aromatic heterocycles. The van der Waals surface area contributed by atoms with E-state index in [1.807, 2.05) is 0 Å². The second kappa shape index (κ2) is 19.6. The molecule has 33 nitrogen and oxygen atoms in total. The van der Waals surface area contributed by atoms with Crippen molar-refractivity contribution in [2.24, 2.45) is 0 Å². The molecule has 62 heavy (non-hydrogen) atoms. The molecule has 0 aliphatic carbocycles. The Morgan fingerprint density at radius 3 is 1.48 bits per heavy atom. The van der Waals surface area contributed by atoms with E-state index in [4.69, 9.17) is 64.2 Å². The molecule has 6 heterocycles. The van der Waals surface area contributed by atoms with Crippen LogP contribution in [0.1, 0.15) is 32.7 Å². The Morgan fingerprint density at radius 2 is 1.11 bits per heavy atom. The Balaban J connectivity index is 0.000000268. The predicted octanol–water partition coefficient (Wildman–Crippen LogP) is -1.20. The highest BCUT2D eigenvalue weighted by Gasteiger charge is 2.45. The summed E-state index contributed by atoms with van der Waals surface area (Å²) in [7, 11) is -27.3. The molecule has 2 fully saturated rings. The number of nitrogens with one attached hydrogen (secondary N) is 2. The van der Waals surface area contributed by atoms with Crippen LogP contribution in [-0.2, 0) is 55.0 Å². The summed E-state index contributed by atoms with van der Waals surface area (Å²) >= 11 is 0. The fourth-order valence-corrected chi connectivity index (χ4v) is 12.0. The van der Waals surface area contributed by atoms with Gasteiger partial charge in [-0.05, 0) is 0 Å². The standard InChI is InChI=1S/C11H18N5O12P3.C11H16N5O11P3.CH4/c12-11-14-9-8(10(17)15-11)13-3-16(9)7-1-5(28-31(23,24)25)6(27-7)2-26-30(21,22)4-29(18,19)20;12-11-14-9-8(10(17)15-11)13-3-16(9)7-1-5(27-28(18)19)6(26-7)2-25-30(23,24)4-29(20,21)22;/h3,5-7H,1-2,4H2,(H,21,22)(H2,18,19,20)(H2,23,24,25)(H3,12,14,15,17);3,5-7H,1-2,4H2,(H6-,12,14,15,17,18,19,20,21,22,23,24);1H4/p+1. The maximum Gasteiger partial charge on any atom is 0.695 e. The second-order valence-corrected chi connectivity index (χ2v) is 22.6. The van der Waals surface area contributed by atoms with Crippen molar-refractivity contribution in [3.63, 3.8) is 0 Å². The van der Waals surface area contributed by atoms with E-state index in [1.54, 1.807) is 0 Å². The van der Waals surface area contributed by atoms with Gasteiger partial charge in [-0.2, -0.15) is 9.97 Å². The summed E-state index contributed by atoms with van der Waals surface area (Å²) in [5.41, 5.74) is 9.73. The van der Waals surface area contributed by atoms with Gasteiger partial charge in [-0.3, -0.25) is 51.5 Å². The molecule has 39 heteroatoms.